The van der Waals surface area contributed by atoms with Crippen molar-refractivity contribution in [3.63, 3.8) is 0 Å². The van der Waals surface area contributed by atoms with E-state index in [1.54, 1.807) is 50.0 Å². The van der Waals surface area contributed by atoms with E-state index in [0.29, 0.717) is 35.9 Å². The minimum Gasteiger partial charge on any atom is -0.493 e. The first kappa shape index (κ1) is 21.0. The molecule has 3 rings (SSSR count). The summed E-state index contributed by atoms with van der Waals surface area (Å²) in [5, 5.41) is 2.85. The average molecular weight is 399 g/mol. The summed E-state index contributed by atoms with van der Waals surface area (Å²) in [4.78, 5) is 14.7. The van der Waals surface area contributed by atoms with Crippen LogP contribution >= 0.6 is 0 Å². The minimum absolute atomic E-state index is 0.224. The Balaban J connectivity index is 1.58. The fraction of sp³-hybridized carbons (Fsp3) is 0.435. The second kappa shape index (κ2) is 10.2. The summed E-state index contributed by atoms with van der Waals surface area (Å²) in [7, 11) is 1.61. The number of methoxy groups -OCH3 is 1. The molecular weight excluding hydrogens is 368 g/mol. The third-order valence-corrected chi connectivity index (χ3v) is 5.38. The van der Waals surface area contributed by atoms with Gasteiger partial charge in [0.2, 0.25) is 5.91 Å². The van der Waals surface area contributed by atoms with Crippen LogP contribution in [0.25, 0.3) is 6.08 Å². The molecule has 0 radical (unpaired) electrons. The number of anilines is 1. The standard InChI is InChI=1S/C23H30N2O4/c1-17-5-4-6-18(2)25(17)12-14-29-22-15-20(8-9-21(22)27-3)24-23(26)10-7-19-11-13-28-16-19/h7-11,13,15-18H,4-6,12,14H2,1-3H3,(H,24,26). The fourth-order valence-electron chi connectivity index (χ4n) is 3.77. The zero-order valence-electron chi connectivity index (χ0n) is 17.4. The van der Waals surface area contributed by atoms with Gasteiger partial charge >= 0.3 is 0 Å². The molecule has 2 heterocycles. The summed E-state index contributed by atoms with van der Waals surface area (Å²) in [5.74, 6) is 1.05. The van der Waals surface area contributed by atoms with Crippen LogP contribution in [0.1, 0.15) is 38.7 Å². The normalized spacial score (nSPS) is 20.0. The molecule has 2 unspecified atom stereocenters. The number of carbonyl (C=O) groups is 1. The van der Waals surface area contributed by atoms with E-state index in [1.807, 2.05) is 0 Å². The Bertz CT molecular complexity index is 806. The van der Waals surface area contributed by atoms with Crippen LogP contribution in [-0.4, -0.2) is 43.2 Å². The second-order valence-corrected chi connectivity index (χ2v) is 7.46. The topological polar surface area (TPSA) is 63.9 Å². The van der Waals surface area contributed by atoms with Gasteiger partial charge in [0, 0.05) is 42.0 Å². The molecule has 1 aromatic carbocycles. The third-order valence-electron chi connectivity index (χ3n) is 5.38. The molecule has 1 aromatic heterocycles. The van der Waals surface area contributed by atoms with Crippen molar-refractivity contribution in [3.05, 3.63) is 48.4 Å². The summed E-state index contributed by atoms with van der Waals surface area (Å²) < 4.78 is 16.4. The molecule has 6 nitrogen and oxygen atoms in total. The molecule has 0 spiro atoms. The van der Waals surface area contributed by atoms with Crippen molar-refractivity contribution >= 4 is 17.7 Å². The van der Waals surface area contributed by atoms with Gasteiger partial charge in [0.25, 0.3) is 0 Å². The maximum absolute atomic E-state index is 12.2. The number of rotatable bonds is 8. The Morgan fingerprint density at radius 2 is 2.03 bits per heavy atom. The third kappa shape index (κ3) is 5.87. The average Bonchev–Trinajstić information content (AvgIpc) is 3.22. The maximum atomic E-state index is 12.2. The van der Waals surface area contributed by atoms with Crippen LogP contribution in [0.4, 0.5) is 5.69 Å². The number of likely N-dealkylation sites (tertiary alicyclic amines) is 1. The highest BCUT2D eigenvalue weighted by Gasteiger charge is 2.24. The zero-order valence-corrected chi connectivity index (χ0v) is 17.4. The summed E-state index contributed by atoms with van der Waals surface area (Å²) in [6.07, 6.45) is 10.1. The Hall–Kier alpha value is -2.73. The van der Waals surface area contributed by atoms with Gasteiger partial charge in [-0.15, -0.1) is 0 Å². The molecule has 2 atom stereocenters. The number of piperidine rings is 1. The lowest BCUT2D eigenvalue weighted by molar-refractivity contribution is -0.111. The maximum Gasteiger partial charge on any atom is 0.248 e. The van der Waals surface area contributed by atoms with Crippen LogP contribution in [0.3, 0.4) is 0 Å². The van der Waals surface area contributed by atoms with Crippen molar-refractivity contribution in [1.82, 2.24) is 4.90 Å². The molecule has 1 amide bonds. The Morgan fingerprint density at radius 3 is 2.72 bits per heavy atom. The molecule has 1 fully saturated rings. The van der Waals surface area contributed by atoms with Crippen molar-refractivity contribution in [2.75, 3.05) is 25.6 Å². The second-order valence-electron chi connectivity index (χ2n) is 7.46. The lowest BCUT2D eigenvalue weighted by Gasteiger charge is -2.38. The lowest BCUT2D eigenvalue weighted by Crippen LogP contribution is -2.45. The lowest BCUT2D eigenvalue weighted by atomic mass is 9.98. The van der Waals surface area contributed by atoms with Crippen LogP contribution in [0.15, 0.2) is 47.3 Å². The highest BCUT2D eigenvalue weighted by atomic mass is 16.5. The van der Waals surface area contributed by atoms with E-state index in [1.165, 1.54) is 25.3 Å². The van der Waals surface area contributed by atoms with Crippen molar-refractivity contribution in [3.8, 4) is 11.5 Å². The van der Waals surface area contributed by atoms with Gasteiger partial charge in [0.1, 0.15) is 6.61 Å². The quantitative estimate of drug-likeness (QED) is 0.660. The van der Waals surface area contributed by atoms with E-state index in [4.69, 9.17) is 13.9 Å². The Kier molecular flexibility index (Phi) is 7.36. The van der Waals surface area contributed by atoms with E-state index >= 15 is 0 Å². The first-order valence-corrected chi connectivity index (χ1v) is 10.1. The van der Waals surface area contributed by atoms with Crippen molar-refractivity contribution < 1.29 is 18.7 Å². The van der Waals surface area contributed by atoms with Crippen LogP contribution in [0, 0.1) is 0 Å². The molecule has 0 aliphatic carbocycles. The largest absolute Gasteiger partial charge is 0.493 e. The summed E-state index contributed by atoms with van der Waals surface area (Å²) >= 11 is 0. The van der Waals surface area contributed by atoms with Crippen LogP contribution in [-0.2, 0) is 4.79 Å². The van der Waals surface area contributed by atoms with Crippen LogP contribution < -0.4 is 14.8 Å². The van der Waals surface area contributed by atoms with Gasteiger partial charge in [-0.3, -0.25) is 9.69 Å². The van der Waals surface area contributed by atoms with E-state index < -0.39 is 0 Å². The molecule has 29 heavy (non-hydrogen) atoms. The number of hydrogen-bond acceptors (Lipinski definition) is 5. The summed E-state index contributed by atoms with van der Waals surface area (Å²) in [5.41, 5.74) is 1.49. The summed E-state index contributed by atoms with van der Waals surface area (Å²) in [6, 6.07) is 8.34. The summed E-state index contributed by atoms with van der Waals surface area (Å²) in [6.45, 7) is 6.01. The minimum atomic E-state index is -0.224. The molecule has 1 aliphatic rings. The number of amides is 1. The van der Waals surface area contributed by atoms with E-state index in [-0.39, 0.29) is 5.91 Å². The van der Waals surface area contributed by atoms with Crippen molar-refractivity contribution in [2.45, 2.75) is 45.2 Å². The molecule has 1 N–H and O–H groups in total. The van der Waals surface area contributed by atoms with E-state index in [0.717, 1.165) is 12.1 Å². The van der Waals surface area contributed by atoms with E-state index in [2.05, 4.69) is 24.1 Å². The first-order valence-electron chi connectivity index (χ1n) is 10.1. The van der Waals surface area contributed by atoms with E-state index in [9.17, 15) is 4.79 Å². The SMILES string of the molecule is COc1ccc(NC(=O)C=Cc2ccoc2)cc1OCCN1C(C)CCCC1C. The smallest absolute Gasteiger partial charge is 0.248 e. The van der Waals surface area contributed by atoms with Gasteiger partial charge in [-0.25, -0.2) is 0 Å². The van der Waals surface area contributed by atoms with Gasteiger partial charge in [-0.2, -0.15) is 0 Å². The zero-order chi connectivity index (χ0) is 20.6. The number of nitrogens with one attached hydrogen (secondary N) is 1. The molecular formula is C23H30N2O4. The number of furan rings is 1. The number of ether oxygens (including phenoxy) is 2. The predicted molar refractivity (Wildman–Crippen MR) is 114 cm³/mol. The Labute approximate surface area is 172 Å². The number of benzene rings is 1. The molecule has 6 heteroatoms. The van der Waals surface area contributed by atoms with Crippen molar-refractivity contribution in [2.24, 2.45) is 0 Å². The number of carbonyl (C=O) groups excluding carboxylic acids is 1. The number of hydrogen-bond donors (Lipinski definition) is 1. The number of nitrogens with zero attached hydrogens (tertiary/aromatic N) is 1. The molecule has 1 saturated heterocycles. The van der Waals surface area contributed by atoms with Gasteiger partial charge in [-0.1, -0.05) is 6.42 Å². The monoisotopic (exact) mass is 398 g/mol. The van der Waals surface area contributed by atoms with Gasteiger partial charge in [0.05, 0.1) is 19.6 Å². The molecule has 2 aromatic rings. The van der Waals surface area contributed by atoms with Gasteiger partial charge < -0.3 is 19.2 Å². The van der Waals surface area contributed by atoms with Crippen LogP contribution in [0.2, 0.25) is 0 Å². The molecule has 156 valence electrons. The fourth-order valence-corrected chi connectivity index (χ4v) is 3.77. The predicted octanol–water partition coefficient (Wildman–Crippen LogP) is 4.58. The first-order chi connectivity index (χ1) is 14.1. The highest BCUT2D eigenvalue weighted by molar-refractivity contribution is 6.02. The molecule has 1 aliphatic heterocycles. The van der Waals surface area contributed by atoms with Crippen LogP contribution in [0.5, 0.6) is 11.5 Å². The molecule has 0 bridgehead atoms. The highest BCUT2D eigenvalue weighted by Crippen LogP contribution is 2.30. The van der Waals surface area contributed by atoms with Gasteiger partial charge in [0.15, 0.2) is 11.5 Å². The van der Waals surface area contributed by atoms with Gasteiger partial charge in [-0.05, 0) is 51.0 Å². The molecule has 0 saturated carbocycles. The Morgan fingerprint density at radius 1 is 1.24 bits per heavy atom. The van der Waals surface area contributed by atoms with Crippen molar-refractivity contribution in [1.29, 1.82) is 0 Å².